The van der Waals surface area contributed by atoms with Gasteiger partial charge in [-0.2, -0.15) is 0 Å². The molecule has 2 aromatic carbocycles. The standard InChI is InChI=1S/C17H17BrO3/c1-17(16(19)20,11-13-7-9-15(18)10-8-13)21-12-14-5-3-2-4-6-14/h2-10H,11-12H2,1H3,(H,19,20). The number of rotatable bonds is 6. The number of hydrogen-bond acceptors (Lipinski definition) is 2. The highest BCUT2D eigenvalue weighted by Crippen LogP contribution is 2.21. The Hall–Kier alpha value is -1.65. The summed E-state index contributed by atoms with van der Waals surface area (Å²) >= 11 is 3.37. The molecular weight excluding hydrogens is 332 g/mol. The first-order chi connectivity index (χ1) is 9.99. The number of hydrogen-bond donors (Lipinski definition) is 1. The second-order valence-corrected chi connectivity index (χ2v) is 6.03. The van der Waals surface area contributed by atoms with Gasteiger partial charge in [-0.1, -0.05) is 58.4 Å². The first-order valence-corrected chi connectivity index (χ1v) is 7.45. The van der Waals surface area contributed by atoms with Gasteiger partial charge in [-0.05, 0) is 30.2 Å². The Morgan fingerprint density at radius 1 is 1.10 bits per heavy atom. The van der Waals surface area contributed by atoms with E-state index in [9.17, 15) is 9.90 Å². The van der Waals surface area contributed by atoms with Gasteiger partial charge in [0.05, 0.1) is 6.61 Å². The van der Waals surface area contributed by atoms with Crippen LogP contribution in [0.1, 0.15) is 18.1 Å². The lowest BCUT2D eigenvalue weighted by Crippen LogP contribution is -2.40. The Balaban J connectivity index is 2.09. The molecule has 110 valence electrons. The Morgan fingerprint density at radius 3 is 2.29 bits per heavy atom. The normalized spacial score (nSPS) is 13.6. The van der Waals surface area contributed by atoms with Crippen molar-refractivity contribution < 1.29 is 14.6 Å². The Bertz CT molecular complexity index is 595. The number of carboxylic acid groups (broad SMARTS) is 1. The molecule has 0 radical (unpaired) electrons. The van der Waals surface area contributed by atoms with Crippen molar-refractivity contribution >= 4 is 21.9 Å². The SMILES string of the molecule is CC(Cc1ccc(Br)cc1)(OCc1ccccc1)C(=O)O. The minimum Gasteiger partial charge on any atom is -0.479 e. The van der Waals surface area contributed by atoms with Crippen LogP contribution in [0.3, 0.4) is 0 Å². The molecule has 1 atom stereocenters. The molecule has 0 aliphatic heterocycles. The summed E-state index contributed by atoms with van der Waals surface area (Å²) in [6.07, 6.45) is 0.322. The van der Waals surface area contributed by atoms with Crippen molar-refractivity contribution in [2.75, 3.05) is 0 Å². The van der Waals surface area contributed by atoms with Gasteiger partial charge in [-0.3, -0.25) is 0 Å². The number of carbonyl (C=O) groups is 1. The third-order valence-corrected chi connectivity index (χ3v) is 3.84. The van der Waals surface area contributed by atoms with Crippen LogP contribution in [0.25, 0.3) is 0 Å². The van der Waals surface area contributed by atoms with E-state index in [-0.39, 0.29) is 6.61 Å². The van der Waals surface area contributed by atoms with Crippen molar-refractivity contribution in [1.82, 2.24) is 0 Å². The highest BCUT2D eigenvalue weighted by Gasteiger charge is 2.34. The van der Waals surface area contributed by atoms with Crippen LogP contribution >= 0.6 is 15.9 Å². The number of carboxylic acids is 1. The fourth-order valence-electron chi connectivity index (χ4n) is 2.00. The summed E-state index contributed by atoms with van der Waals surface area (Å²) in [5.74, 6) is -0.957. The zero-order valence-electron chi connectivity index (χ0n) is 11.8. The predicted molar refractivity (Wildman–Crippen MR) is 85.1 cm³/mol. The summed E-state index contributed by atoms with van der Waals surface area (Å²) in [5, 5.41) is 9.49. The van der Waals surface area contributed by atoms with Gasteiger partial charge in [0.1, 0.15) is 0 Å². The second kappa shape index (κ2) is 6.87. The predicted octanol–water partition coefficient (Wildman–Crippen LogP) is 4.05. The van der Waals surface area contributed by atoms with E-state index in [4.69, 9.17) is 4.74 Å². The third kappa shape index (κ3) is 4.41. The molecule has 4 heteroatoms. The maximum Gasteiger partial charge on any atom is 0.336 e. The van der Waals surface area contributed by atoms with E-state index >= 15 is 0 Å². The molecule has 0 aliphatic rings. The van der Waals surface area contributed by atoms with Gasteiger partial charge in [0, 0.05) is 10.9 Å². The molecule has 2 aromatic rings. The number of benzene rings is 2. The van der Waals surface area contributed by atoms with Crippen LogP contribution in [0.4, 0.5) is 0 Å². The first kappa shape index (κ1) is 15.7. The Kier molecular flexibility index (Phi) is 5.15. The van der Waals surface area contributed by atoms with Crippen LogP contribution in [-0.2, 0) is 22.6 Å². The molecule has 0 saturated heterocycles. The lowest BCUT2D eigenvalue weighted by molar-refractivity contribution is -0.165. The molecule has 0 spiro atoms. The highest BCUT2D eigenvalue weighted by molar-refractivity contribution is 9.10. The number of halogens is 1. The quantitative estimate of drug-likeness (QED) is 0.856. The number of ether oxygens (including phenoxy) is 1. The average Bonchev–Trinajstić information content (AvgIpc) is 2.48. The first-order valence-electron chi connectivity index (χ1n) is 6.65. The van der Waals surface area contributed by atoms with Crippen molar-refractivity contribution in [3.63, 3.8) is 0 Å². The van der Waals surface area contributed by atoms with E-state index < -0.39 is 11.6 Å². The molecule has 1 N–H and O–H groups in total. The van der Waals surface area contributed by atoms with Crippen LogP contribution in [-0.4, -0.2) is 16.7 Å². The Labute approximate surface area is 132 Å². The van der Waals surface area contributed by atoms with Gasteiger partial charge in [0.15, 0.2) is 5.60 Å². The van der Waals surface area contributed by atoms with E-state index in [1.54, 1.807) is 6.92 Å². The molecule has 2 rings (SSSR count). The van der Waals surface area contributed by atoms with Crippen molar-refractivity contribution in [2.45, 2.75) is 25.6 Å². The molecule has 1 unspecified atom stereocenters. The van der Waals surface area contributed by atoms with Crippen LogP contribution < -0.4 is 0 Å². The van der Waals surface area contributed by atoms with E-state index in [2.05, 4.69) is 15.9 Å². The summed E-state index contributed by atoms with van der Waals surface area (Å²) in [4.78, 5) is 11.6. The van der Waals surface area contributed by atoms with Crippen molar-refractivity contribution in [2.24, 2.45) is 0 Å². The molecule has 0 aliphatic carbocycles. The fraction of sp³-hybridized carbons (Fsp3) is 0.235. The lowest BCUT2D eigenvalue weighted by Gasteiger charge is -2.25. The van der Waals surface area contributed by atoms with Crippen LogP contribution in [0.15, 0.2) is 59.1 Å². The van der Waals surface area contributed by atoms with Gasteiger partial charge in [0.25, 0.3) is 0 Å². The topological polar surface area (TPSA) is 46.5 Å². The molecule has 0 saturated carbocycles. The molecule has 0 aromatic heterocycles. The van der Waals surface area contributed by atoms with Gasteiger partial charge in [-0.15, -0.1) is 0 Å². The monoisotopic (exact) mass is 348 g/mol. The summed E-state index contributed by atoms with van der Waals surface area (Å²) in [6, 6.07) is 17.2. The maximum atomic E-state index is 11.6. The summed E-state index contributed by atoms with van der Waals surface area (Å²) in [5.41, 5.74) is 0.640. The van der Waals surface area contributed by atoms with Crippen LogP contribution in [0, 0.1) is 0 Å². The molecular formula is C17H17BrO3. The fourth-order valence-corrected chi connectivity index (χ4v) is 2.26. The van der Waals surface area contributed by atoms with Gasteiger partial charge >= 0.3 is 5.97 Å². The molecule has 0 heterocycles. The van der Waals surface area contributed by atoms with E-state index in [0.29, 0.717) is 6.42 Å². The minimum absolute atomic E-state index is 0.278. The van der Waals surface area contributed by atoms with Gasteiger partial charge in [0.2, 0.25) is 0 Å². The lowest BCUT2D eigenvalue weighted by atomic mass is 9.96. The van der Waals surface area contributed by atoms with E-state index in [1.165, 1.54) is 0 Å². The molecule has 0 fully saturated rings. The largest absolute Gasteiger partial charge is 0.479 e. The smallest absolute Gasteiger partial charge is 0.336 e. The average molecular weight is 349 g/mol. The van der Waals surface area contributed by atoms with Gasteiger partial charge < -0.3 is 9.84 Å². The Morgan fingerprint density at radius 2 is 1.71 bits per heavy atom. The van der Waals surface area contributed by atoms with Crippen molar-refractivity contribution in [1.29, 1.82) is 0 Å². The highest BCUT2D eigenvalue weighted by atomic mass is 79.9. The molecule has 21 heavy (non-hydrogen) atoms. The van der Waals surface area contributed by atoms with E-state index in [0.717, 1.165) is 15.6 Å². The summed E-state index contributed by atoms with van der Waals surface area (Å²) in [7, 11) is 0. The van der Waals surface area contributed by atoms with Crippen LogP contribution in [0.5, 0.6) is 0 Å². The minimum atomic E-state index is -1.25. The van der Waals surface area contributed by atoms with Gasteiger partial charge in [-0.25, -0.2) is 4.79 Å². The maximum absolute atomic E-state index is 11.6. The zero-order valence-corrected chi connectivity index (χ0v) is 13.3. The molecule has 3 nitrogen and oxygen atoms in total. The second-order valence-electron chi connectivity index (χ2n) is 5.11. The van der Waals surface area contributed by atoms with Crippen molar-refractivity contribution in [3.8, 4) is 0 Å². The zero-order chi connectivity index (χ0) is 15.3. The van der Waals surface area contributed by atoms with Crippen LogP contribution in [0.2, 0.25) is 0 Å². The molecule has 0 bridgehead atoms. The summed E-state index contributed by atoms with van der Waals surface area (Å²) in [6.45, 7) is 1.89. The number of aliphatic carboxylic acids is 1. The third-order valence-electron chi connectivity index (χ3n) is 3.31. The molecule has 0 amide bonds. The van der Waals surface area contributed by atoms with Crippen molar-refractivity contribution in [3.05, 3.63) is 70.2 Å². The van der Waals surface area contributed by atoms with E-state index in [1.807, 2.05) is 54.6 Å². The summed E-state index contributed by atoms with van der Waals surface area (Å²) < 4.78 is 6.67.